The third-order valence-electron chi connectivity index (χ3n) is 8.35. The van der Waals surface area contributed by atoms with Crippen molar-refractivity contribution in [3.8, 4) is 0 Å². The highest BCUT2D eigenvalue weighted by atomic mass is 35.5. The molecule has 1 aromatic carbocycles. The molecule has 1 aliphatic heterocycles. The van der Waals surface area contributed by atoms with Gasteiger partial charge in [-0.05, 0) is 105 Å². The summed E-state index contributed by atoms with van der Waals surface area (Å²) >= 11 is 5.87. The zero-order chi connectivity index (χ0) is 22.5. The van der Waals surface area contributed by atoms with Crippen LogP contribution >= 0.6 is 11.6 Å². The molecule has 176 valence electrons. The third-order valence-corrected chi connectivity index (χ3v) is 10.5. The van der Waals surface area contributed by atoms with Gasteiger partial charge in [0, 0.05) is 24.2 Å². The first-order valence-electron chi connectivity index (χ1n) is 12.0. The highest BCUT2D eigenvalue weighted by Gasteiger charge is 2.51. The van der Waals surface area contributed by atoms with Crippen LogP contribution in [0, 0.1) is 23.2 Å². The summed E-state index contributed by atoms with van der Waals surface area (Å²) < 4.78 is 27.1. The first-order chi connectivity index (χ1) is 15.2. The number of benzene rings is 1. The maximum Gasteiger partial charge on any atom is 0.249 e. The molecule has 1 amide bonds. The monoisotopic (exact) mass is 480 g/mol. The maximum atomic E-state index is 12.8. The van der Waals surface area contributed by atoms with Crippen molar-refractivity contribution >= 4 is 27.5 Å². The van der Waals surface area contributed by atoms with Crippen molar-refractivity contribution in [3.63, 3.8) is 0 Å². The highest BCUT2D eigenvalue weighted by Crippen LogP contribution is 2.61. The van der Waals surface area contributed by atoms with Crippen LogP contribution in [0.5, 0.6) is 0 Å². The van der Waals surface area contributed by atoms with Gasteiger partial charge in [-0.1, -0.05) is 11.6 Å². The number of hydrogen-bond donors (Lipinski definition) is 2. The second-order valence-corrected chi connectivity index (χ2v) is 13.2. The normalized spacial score (nSPS) is 33.9. The Labute approximate surface area is 195 Å². The molecule has 1 unspecified atom stereocenters. The number of piperidine rings is 1. The van der Waals surface area contributed by atoms with Gasteiger partial charge >= 0.3 is 0 Å². The number of nitrogens with one attached hydrogen (secondary N) is 1. The van der Waals surface area contributed by atoms with E-state index in [-0.39, 0.29) is 22.3 Å². The first kappa shape index (κ1) is 22.6. The van der Waals surface area contributed by atoms with E-state index in [9.17, 15) is 18.3 Å². The van der Waals surface area contributed by atoms with E-state index in [4.69, 9.17) is 11.6 Å². The Bertz CT molecular complexity index is 921. The zero-order valence-corrected chi connectivity index (χ0v) is 20.0. The Kier molecular flexibility index (Phi) is 6.06. The predicted octanol–water partition coefficient (Wildman–Crippen LogP) is 3.58. The summed E-state index contributed by atoms with van der Waals surface area (Å²) in [6.07, 6.45) is 8.25. The minimum atomic E-state index is -3.57. The van der Waals surface area contributed by atoms with E-state index in [0.717, 1.165) is 17.8 Å². The molecule has 5 aliphatic rings. The summed E-state index contributed by atoms with van der Waals surface area (Å²) in [6.45, 7) is 0.696. The van der Waals surface area contributed by atoms with Gasteiger partial charge in [-0.25, -0.2) is 8.42 Å². The molecule has 4 saturated carbocycles. The van der Waals surface area contributed by atoms with Gasteiger partial charge < -0.3 is 10.4 Å². The fourth-order valence-electron chi connectivity index (χ4n) is 7.34. The van der Waals surface area contributed by atoms with Crippen LogP contribution < -0.4 is 5.32 Å². The van der Waals surface area contributed by atoms with Crippen molar-refractivity contribution in [2.45, 2.75) is 74.8 Å². The van der Waals surface area contributed by atoms with Crippen LogP contribution in [0.3, 0.4) is 0 Å². The molecular formula is C24H33ClN2O4S. The minimum Gasteiger partial charge on any atom is -0.383 e. The van der Waals surface area contributed by atoms with Crippen LogP contribution in [0.25, 0.3) is 0 Å². The van der Waals surface area contributed by atoms with E-state index >= 15 is 0 Å². The fourth-order valence-corrected chi connectivity index (χ4v) is 8.93. The smallest absolute Gasteiger partial charge is 0.249 e. The van der Waals surface area contributed by atoms with Crippen molar-refractivity contribution in [1.82, 2.24) is 9.62 Å². The lowest BCUT2D eigenvalue weighted by Gasteiger charge is -2.57. The molecule has 1 saturated heterocycles. The maximum absolute atomic E-state index is 12.8. The Morgan fingerprint density at radius 1 is 1.06 bits per heavy atom. The van der Waals surface area contributed by atoms with Gasteiger partial charge in [-0.3, -0.25) is 4.79 Å². The predicted molar refractivity (Wildman–Crippen MR) is 123 cm³/mol. The van der Waals surface area contributed by atoms with Gasteiger partial charge in [0.2, 0.25) is 15.9 Å². The molecule has 4 bridgehead atoms. The number of nitrogens with zero attached hydrogens (tertiary/aromatic N) is 1. The van der Waals surface area contributed by atoms with Gasteiger partial charge in [-0.15, -0.1) is 0 Å². The van der Waals surface area contributed by atoms with Gasteiger partial charge in [0.25, 0.3) is 0 Å². The van der Waals surface area contributed by atoms with E-state index in [1.54, 1.807) is 12.1 Å². The van der Waals surface area contributed by atoms with Crippen LogP contribution in [0.1, 0.15) is 57.8 Å². The van der Waals surface area contributed by atoms with E-state index < -0.39 is 16.1 Å². The Morgan fingerprint density at radius 2 is 1.59 bits per heavy atom. The van der Waals surface area contributed by atoms with Crippen LogP contribution in [0.15, 0.2) is 29.2 Å². The Hall–Kier alpha value is -1.15. The quantitative estimate of drug-likeness (QED) is 0.651. The van der Waals surface area contributed by atoms with Gasteiger partial charge in [0.05, 0.1) is 4.90 Å². The summed E-state index contributed by atoms with van der Waals surface area (Å²) in [4.78, 5) is 13.0. The standard InChI is InChI=1S/C24H33ClN2O4S/c25-19-1-3-21(4-2-19)32(30,31)27-7-5-20(6-8-27)26-23(29)22(28)15-24-12-16-9-17(13-24)11-18(10-16)14-24/h1-4,16-18,20,22,28H,5-15H2,(H,26,29). The van der Waals surface area contributed by atoms with E-state index in [1.807, 2.05) is 0 Å². The summed E-state index contributed by atoms with van der Waals surface area (Å²) in [5.41, 5.74) is 0.154. The Balaban J connectivity index is 1.13. The number of aliphatic hydroxyl groups is 1. The van der Waals surface area contributed by atoms with E-state index in [0.29, 0.717) is 37.4 Å². The van der Waals surface area contributed by atoms with E-state index in [1.165, 1.54) is 55.0 Å². The number of aliphatic hydroxyl groups excluding tert-OH is 1. The van der Waals surface area contributed by atoms with Gasteiger partial charge in [0.1, 0.15) is 6.10 Å². The lowest BCUT2D eigenvalue weighted by Crippen LogP contribution is -2.51. The summed E-state index contributed by atoms with van der Waals surface area (Å²) in [6, 6.07) is 6.09. The van der Waals surface area contributed by atoms with Crippen LogP contribution in [0.4, 0.5) is 0 Å². The van der Waals surface area contributed by atoms with Crippen molar-refractivity contribution in [2.24, 2.45) is 23.2 Å². The second-order valence-electron chi connectivity index (χ2n) is 10.8. The second kappa shape index (κ2) is 8.57. The number of carbonyl (C=O) groups excluding carboxylic acids is 1. The number of sulfonamides is 1. The molecule has 0 aromatic heterocycles. The minimum absolute atomic E-state index is 0.106. The molecule has 8 heteroatoms. The molecule has 6 rings (SSSR count). The van der Waals surface area contributed by atoms with Crippen molar-refractivity contribution in [1.29, 1.82) is 0 Å². The average molecular weight is 481 g/mol. The molecule has 0 radical (unpaired) electrons. The van der Waals surface area contributed by atoms with Crippen LogP contribution in [-0.2, 0) is 14.8 Å². The van der Waals surface area contributed by atoms with Crippen LogP contribution in [0.2, 0.25) is 5.02 Å². The molecule has 4 aliphatic carbocycles. The van der Waals surface area contributed by atoms with Crippen LogP contribution in [-0.4, -0.2) is 49.0 Å². The number of amides is 1. The Morgan fingerprint density at radius 3 is 2.12 bits per heavy atom. The average Bonchev–Trinajstić information content (AvgIpc) is 2.73. The molecule has 5 fully saturated rings. The molecule has 2 N–H and O–H groups in total. The molecule has 0 spiro atoms. The molecule has 1 atom stereocenters. The molecule has 6 nitrogen and oxygen atoms in total. The highest BCUT2D eigenvalue weighted by molar-refractivity contribution is 7.89. The number of rotatable bonds is 6. The molecule has 1 aromatic rings. The zero-order valence-electron chi connectivity index (χ0n) is 18.4. The van der Waals surface area contributed by atoms with Gasteiger partial charge in [0.15, 0.2) is 0 Å². The van der Waals surface area contributed by atoms with Crippen molar-refractivity contribution in [3.05, 3.63) is 29.3 Å². The summed E-state index contributed by atoms with van der Waals surface area (Å²) in [7, 11) is -3.57. The number of carbonyl (C=O) groups is 1. The number of hydrogen-bond acceptors (Lipinski definition) is 4. The van der Waals surface area contributed by atoms with Crippen molar-refractivity contribution in [2.75, 3.05) is 13.1 Å². The van der Waals surface area contributed by atoms with E-state index in [2.05, 4.69) is 5.32 Å². The number of halogens is 1. The SMILES string of the molecule is O=C(NC1CCN(S(=O)(=O)c2ccc(Cl)cc2)CC1)C(O)CC12CC3CC(CC(C3)C1)C2. The third kappa shape index (κ3) is 4.46. The molecular weight excluding hydrogens is 448 g/mol. The summed E-state index contributed by atoms with van der Waals surface area (Å²) in [5.74, 6) is 2.09. The van der Waals surface area contributed by atoms with Gasteiger partial charge in [-0.2, -0.15) is 4.31 Å². The first-order valence-corrected chi connectivity index (χ1v) is 13.8. The lowest BCUT2D eigenvalue weighted by atomic mass is 9.48. The molecule has 32 heavy (non-hydrogen) atoms. The molecule has 1 heterocycles. The lowest BCUT2D eigenvalue weighted by molar-refractivity contribution is -0.136. The largest absolute Gasteiger partial charge is 0.383 e. The summed E-state index contributed by atoms with van der Waals surface area (Å²) in [5, 5.41) is 14.2. The van der Waals surface area contributed by atoms with Crippen molar-refractivity contribution < 1.29 is 18.3 Å². The topological polar surface area (TPSA) is 86.7 Å². The fraction of sp³-hybridized carbons (Fsp3) is 0.708.